The number of amides is 2. The minimum Gasteiger partial charge on any atom is -0.273 e. The third kappa shape index (κ3) is 3.27. The van der Waals surface area contributed by atoms with E-state index in [2.05, 4.69) is 5.10 Å². The Morgan fingerprint density at radius 1 is 0.939 bits per heavy atom. The summed E-state index contributed by atoms with van der Waals surface area (Å²) in [4.78, 5) is 39.0. The predicted molar refractivity (Wildman–Crippen MR) is 125 cm³/mol. The number of anilines is 2. The molecule has 2 atom stereocenters. The molecule has 3 aromatic carbocycles. The van der Waals surface area contributed by atoms with Crippen molar-refractivity contribution in [3.8, 4) is 0 Å². The number of carbonyl (C=O) groups excluding carboxylic acids is 2. The lowest BCUT2D eigenvalue weighted by molar-refractivity contribution is -0.384. The lowest BCUT2D eigenvalue weighted by atomic mass is 9.93. The molecule has 0 spiro atoms. The van der Waals surface area contributed by atoms with Gasteiger partial charge in [-0.05, 0) is 42.3 Å². The van der Waals surface area contributed by atoms with Gasteiger partial charge in [0.1, 0.15) is 12.0 Å². The molecule has 0 bridgehead atoms. The second-order valence-electron chi connectivity index (χ2n) is 7.79. The van der Waals surface area contributed by atoms with E-state index in [-0.39, 0.29) is 11.6 Å². The first-order valence-electron chi connectivity index (χ1n) is 10.2. The second-order valence-corrected chi connectivity index (χ2v) is 8.19. The molecule has 2 heterocycles. The van der Waals surface area contributed by atoms with Gasteiger partial charge in [0.15, 0.2) is 0 Å². The summed E-state index contributed by atoms with van der Waals surface area (Å²) in [6, 6.07) is 19.1. The summed E-state index contributed by atoms with van der Waals surface area (Å²) in [6.45, 7) is 1.76. The Morgan fingerprint density at radius 3 is 2.30 bits per heavy atom. The van der Waals surface area contributed by atoms with Gasteiger partial charge in [0.2, 0.25) is 5.91 Å². The average molecular weight is 461 g/mol. The highest BCUT2D eigenvalue weighted by molar-refractivity contribution is 6.35. The number of nitro benzene ring substituents is 1. The highest BCUT2D eigenvalue weighted by Gasteiger charge is 2.57. The fourth-order valence-electron chi connectivity index (χ4n) is 4.28. The van der Waals surface area contributed by atoms with Crippen molar-refractivity contribution < 1.29 is 14.5 Å². The van der Waals surface area contributed by atoms with Gasteiger partial charge in [-0.2, -0.15) is 5.10 Å². The molecule has 1 fully saturated rings. The van der Waals surface area contributed by atoms with Gasteiger partial charge in [-0.15, -0.1) is 0 Å². The van der Waals surface area contributed by atoms with Crippen LogP contribution in [0.3, 0.4) is 0 Å². The first kappa shape index (κ1) is 20.8. The Morgan fingerprint density at radius 2 is 1.64 bits per heavy atom. The maximum atomic E-state index is 13.6. The molecule has 9 heteroatoms. The fourth-order valence-corrected chi connectivity index (χ4v) is 4.45. The Balaban J connectivity index is 1.63. The number of nitro groups is 1. The number of hydrogen-bond acceptors (Lipinski definition) is 6. The Kier molecular flexibility index (Phi) is 4.94. The monoisotopic (exact) mass is 460 g/mol. The van der Waals surface area contributed by atoms with Crippen LogP contribution in [0.25, 0.3) is 0 Å². The number of fused-ring (bicyclic) bond motifs is 1. The smallest absolute Gasteiger partial charge is 0.269 e. The summed E-state index contributed by atoms with van der Waals surface area (Å²) in [6.07, 6.45) is 0. The summed E-state index contributed by atoms with van der Waals surface area (Å²) in [7, 11) is 0. The molecule has 0 radical (unpaired) electrons. The van der Waals surface area contributed by atoms with E-state index >= 15 is 0 Å². The van der Waals surface area contributed by atoms with E-state index in [1.165, 1.54) is 34.2 Å². The maximum absolute atomic E-state index is 13.6. The zero-order valence-corrected chi connectivity index (χ0v) is 18.1. The van der Waals surface area contributed by atoms with Crippen LogP contribution in [0.5, 0.6) is 0 Å². The van der Waals surface area contributed by atoms with Gasteiger partial charge >= 0.3 is 0 Å². The van der Waals surface area contributed by atoms with Crippen molar-refractivity contribution >= 4 is 46.2 Å². The van der Waals surface area contributed by atoms with Gasteiger partial charge in [-0.3, -0.25) is 24.7 Å². The third-order valence-electron chi connectivity index (χ3n) is 5.92. The molecule has 8 nitrogen and oxygen atoms in total. The van der Waals surface area contributed by atoms with E-state index < -0.39 is 22.8 Å². The van der Waals surface area contributed by atoms with Gasteiger partial charge in [0, 0.05) is 17.2 Å². The van der Waals surface area contributed by atoms with Crippen LogP contribution in [0.2, 0.25) is 5.02 Å². The van der Waals surface area contributed by atoms with Gasteiger partial charge in [-0.1, -0.05) is 48.0 Å². The zero-order valence-electron chi connectivity index (χ0n) is 17.4. The Bertz CT molecular complexity index is 1320. The highest BCUT2D eigenvalue weighted by atomic mass is 35.5. The molecule has 2 aliphatic rings. The molecular formula is C24H17ClN4O4. The number of rotatable bonds is 4. The first-order chi connectivity index (χ1) is 15.9. The summed E-state index contributed by atoms with van der Waals surface area (Å²) in [5.41, 5.74) is 2.66. The normalized spacial score (nSPS) is 19.6. The maximum Gasteiger partial charge on any atom is 0.269 e. The van der Waals surface area contributed by atoms with Crippen molar-refractivity contribution in [1.82, 2.24) is 0 Å². The third-order valence-corrected chi connectivity index (χ3v) is 6.33. The van der Waals surface area contributed by atoms with E-state index in [1.54, 1.807) is 25.1 Å². The standard InChI is InChI=1S/C24H17ClN4O4/c1-14-18(25)8-5-9-19(14)27-23(30)20-21(15-6-3-2-4-7-15)26-28(22(20)24(27)31)16-10-12-17(13-11-16)29(32)33/h2-13,20,22H,1H3. The summed E-state index contributed by atoms with van der Waals surface area (Å²) in [5.74, 6) is -1.64. The molecule has 2 unspecified atom stereocenters. The lowest BCUT2D eigenvalue weighted by Gasteiger charge is -2.23. The van der Waals surface area contributed by atoms with Crippen LogP contribution in [0.1, 0.15) is 11.1 Å². The lowest BCUT2D eigenvalue weighted by Crippen LogP contribution is -2.39. The van der Waals surface area contributed by atoms with Crippen molar-refractivity contribution in [2.75, 3.05) is 9.91 Å². The molecule has 0 aromatic heterocycles. The van der Waals surface area contributed by atoms with Crippen LogP contribution in [-0.4, -0.2) is 28.5 Å². The van der Waals surface area contributed by atoms with Crippen LogP contribution in [0.4, 0.5) is 17.1 Å². The van der Waals surface area contributed by atoms with Crippen LogP contribution < -0.4 is 9.91 Å². The van der Waals surface area contributed by atoms with Crippen molar-refractivity contribution in [2.24, 2.45) is 11.0 Å². The van der Waals surface area contributed by atoms with Gasteiger partial charge in [-0.25, -0.2) is 4.90 Å². The fraction of sp³-hybridized carbons (Fsp3) is 0.125. The summed E-state index contributed by atoms with van der Waals surface area (Å²) < 4.78 is 0. The number of non-ortho nitro benzene ring substituents is 1. The SMILES string of the molecule is Cc1c(Cl)cccc1N1C(=O)C2C(c3ccccc3)=NN(c3ccc([N+](=O)[O-])cc3)C2C1=O. The largest absolute Gasteiger partial charge is 0.273 e. The number of hydrogen-bond donors (Lipinski definition) is 0. The van der Waals surface area contributed by atoms with Crippen molar-refractivity contribution in [2.45, 2.75) is 13.0 Å². The molecule has 2 aliphatic heterocycles. The number of hydrazone groups is 1. The summed E-state index contributed by atoms with van der Waals surface area (Å²) in [5, 5.41) is 17.6. The molecule has 3 aromatic rings. The van der Waals surface area contributed by atoms with Gasteiger partial charge < -0.3 is 0 Å². The summed E-state index contributed by atoms with van der Waals surface area (Å²) >= 11 is 6.26. The minimum absolute atomic E-state index is 0.0771. The molecule has 5 rings (SSSR count). The first-order valence-corrected chi connectivity index (χ1v) is 10.6. The molecule has 1 saturated heterocycles. The minimum atomic E-state index is -0.910. The van der Waals surface area contributed by atoms with E-state index in [1.807, 2.05) is 30.3 Å². The molecule has 0 aliphatic carbocycles. The van der Waals surface area contributed by atoms with Gasteiger partial charge in [0.25, 0.3) is 11.6 Å². The number of halogens is 1. The number of imide groups is 1. The van der Waals surface area contributed by atoms with Crippen molar-refractivity contribution in [3.63, 3.8) is 0 Å². The van der Waals surface area contributed by atoms with Gasteiger partial charge in [0.05, 0.1) is 22.0 Å². The number of benzene rings is 3. The van der Waals surface area contributed by atoms with E-state index in [0.29, 0.717) is 27.7 Å². The molecule has 0 saturated carbocycles. The highest BCUT2D eigenvalue weighted by Crippen LogP contribution is 2.41. The topological polar surface area (TPSA) is 96.1 Å². The molecule has 33 heavy (non-hydrogen) atoms. The molecule has 164 valence electrons. The Hall–Kier alpha value is -4.04. The van der Waals surface area contributed by atoms with Crippen LogP contribution in [0, 0.1) is 23.0 Å². The quantitative estimate of drug-likeness (QED) is 0.328. The average Bonchev–Trinajstić information content (AvgIpc) is 3.33. The number of nitrogens with zero attached hydrogens (tertiary/aromatic N) is 4. The van der Waals surface area contributed by atoms with Crippen LogP contribution in [-0.2, 0) is 9.59 Å². The molecular weight excluding hydrogens is 444 g/mol. The second kappa shape index (κ2) is 7.83. The predicted octanol–water partition coefficient (Wildman–Crippen LogP) is 4.34. The van der Waals surface area contributed by atoms with E-state index in [9.17, 15) is 19.7 Å². The molecule has 2 amide bonds. The van der Waals surface area contributed by atoms with E-state index in [4.69, 9.17) is 11.6 Å². The van der Waals surface area contributed by atoms with Crippen LogP contribution >= 0.6 is 11.6 Å². The number of carbonyl (C=O) groups is 2. The van der Waals surface area contributed by atoms with Crippen molar-refractivity contribution in [1.29, 1.82) is 0 Å². The van der Waals surface area contributed by atoms with Crippen LogP contribution in [0.15, 0.2) is 77.9 Å². The van der Waals surface area contributed by atoms with E-state index in [0.717, 1.165) is 5.56 Å². The zero-order chi connectivity index (χ0) is 23.3. The molecule has 0 N–H and O–H groups in total. The van der Waals surface area contributed by atoms with Crippen molar-refractivity contribution in [3.05, 3.63) is 99.1 Å². The Labute approximate surface area is 193 Å².